The highest BCUT2D eigenvalue weighted by Gasteiger charge is 2.15. The summed E-state index contributed by atoms with van der Waals surface area (Å²) in [5.74, 6) is 0.803. The van der Waals surface area contributed by atoms with Gasteiger partial charge in [-0.2, -0.15) is 0 Å². The lowest BCUT2D eigenvalue weighted by Crippen LogP contribution is -2.37. The van der Waals surface area contributed by atoms with Crippen LogP contribution in [0.25, 0.3) is 0 Å². The number of aliphatic imine (C=N–C) groups is 1. The van der Waals surface area contributed by atoms with Gasteiger partial charge in [-0.05, 0) is 19.8 Å². The fourth-order valence-corrected chi connectivity index (χ4v) is 2.84. The van der Waals surface area contributed by atoms with Gasteiger partial charge in [0.05, 0.1) is 17.7 Å². The van der Waals surface area contributed by atoms with Crippen LogP contribution in [-0.4, -0.2) is 36.7 Å². The molecule has 1 saturated heterocycles. The van der Waals surface area contributed by atoms with E-state index in [0.717, 1.165) is 36.7 Å². The molecule has 1 aliphatic heterocycles. The highest BCUT2D eigenvalue weighted by atomic mass is 32.1. The Balaban J connectivity index is 1.74. The quantitative estimate of drug-likeness (QED) is 0.636. The van der Waals surface area contributed by atoms with Crippen LogP contribution in [-0.2, 0) is 4.74 Å². The van der Waals surface area contributed by atoms with E-state index in [1.165, 1.54) is 0 Å². The van der Waals surface area contributed by atoms with Crippen LogP contribution in [0.3, 0.4) is 0 Å². The van der Waals surface area contributed by atoms with Crippen molar-refractivity contribution in [1.82, 2.24) is 10.3 Å². The van der Waals surface area contributed by atoms with Crippen LogP contribution in [0.5, 0.6) is 0 Å². The molecular weight excluding hydrogens is 260 g/mol. The van der Waals surface area contributed by atoms with E-state index in [0.29, 0.717) is 18.4 Å². The van der Waals surface area contributed by atoms with Crippen LogP contribution in [0.2, 0.25) is 0 Å². The second-order valence-corrected chi connectivity index (χ2v) is 5.86. The smallest absolute Gasteiger partial charge is 0.188 e. The van der Waals surface area contributed by atoms with Crippen molar-refractivity contribution < 1.29 is 4.74 Å². The highest BCUT2D eigenvalue weighted by molar-refractivity contribution is 7.09. The van der Waals surface area contributed by atoms with Gasteiger partial charge in [0.25, 0.3) is 0 Å². The number of aryl methyl sites for hydroxylation is 1. The van der Waals surface area contributed by atoms with E-state index in [9.17, 15) is 0 Å². The molecule has 1 aliphatic rings. The number of rotatable bonds is 5. The van der Waals surface area contributed by atoms with Gasteiger partial charge in [-0.1, -0.05) is 6.92 Å². The average Bonchev–Trinajstić information content (AvgIpc) is 3.04. The van der Waals surface area contributed by atoms with E-state index in [4.69, 9.17) is 10.5 Å². The van der Waals surface area contributed by atoms with Crippen molar-refractivity contribution in [1.29, 1.82) is 0 Å². The zero-order chi connectivity index (χ0) is 13.7. The van der Waals surface area contributed by atoms with E-state index < -0.39 is 0 Å². The second-order valence-electron chi connectivity index (χ2n) is 4.97. The first-order valence-electron chi connectivity index (χ1n) is 6.72. The van der Waals surface area contributed by atoms with Crippen molar-refractivity contribution in [3.63, 3.8) is 0 Å². The minimum Gasteiger partial charge on any atom is -0.376 e. The van der Waals surface area contributed by atoms with E-state index >= 15 is 0 Å². The maximum atomic E-state index is 5.85. The molecule has 0 bridgehead atoms. The summed E-state index contributed by atoms with van der Waals surface area (Å²) in [6, 6.07) is 0. The molecular formula is C13H22N4OS. The summed E-state index contributed by atoms with van der Waals surface area (Å²) >= 11 is 1.68. The summed E-state index contributed by atoms with van der Waals surface area (Å²) in [4.78, 5) is 8.83. The summed E-state index contributed by atoms with van der Waals surface area (Å²) in [7, 11) is 0. The summed E-state index contributed by atoms with van der Waals surface area (Å²) in [6.45, 7) is 6.41. The molecule has 1 fully saturated rings. The zero-order valence-electron chi connectivity index (χ0n) is 11.6. The Morgan fingerprint density at radius 2 is 2.58 bits per heavy atom. The third kappa shape index (κ3) is 4.47. The number of thiazole rings is 1. The molecule has 0 radical (unpaired) electrons. The van der Waals surface area contributed by atoms with Crippen molar-refractivity contribution >= 4 is 17.3 Å². The maximum absolute atomic E-state index is 5.85. The number of nitrogens with two attached hydrogens (primary N) is 1. The van der Waals surface area contributed by atoms with Gasteiger partial charge in [-0.3, -0.25) is 4.99 Å². The predicted molar refractivity (Wildman–Crippen MR) is 78.7 cm³/mol. The predicted octanol–water partition coefficient (Wildman–Crippen LogP) is 1.64. The standard InChI is InChI=1S/C13H22N4OS/c1-9(12-17-10(2)8-19-12)6-15-13(14)16-7-11-4-3-5-18-11/h8-9,11H,3-7H2,1-2H3,(H3,14,15,16). The Morgan fingerprint density at radius 3 is 3.21 bits per heavy atom. The summed E-state index contributed by atoms with van der Waals surface area (Å²) < 4.78 is 5.52. The van der Waals surface area contributed by atoms with Crippen LogP contribution in [0.4, 0.5) is 0 Å². The normalized spacial score (nSPS) is 21.6. The lowest BCUT2D eigenvalue weighted by Gasteiger charge is -2.11. The second kappa shape index (κ2) is 6.86. The van der Waals surface area contributed by atoms with Crippen LogP contribution in [0.1, 0.15) is 36.4 Å². The molecule has 5 nitrogen and oxygen atoms in total. The van der Waals surface area contributed by atoms with Crippen molar-refractivity contribution in [3.8, 4) is 0 Å². The van der Waals surface area contributed by atoms with E-state index in [1.807, 2.05) is 6.92 Å². The minimum absolute atomic E-state index is 0.285. The maximum Gasteiger partial charge on any atom is 0.188 e. The summed E-state index contributed by atoms with van der Waals surface area (Å²) in [5.41, 5.74) is 6.92. The van der Waals surface area contributed by atoms with Gasteiger partial charge < -0.3 is 15.8 Å². The lowest BCUT2D eigenvalue weighted by molar-refractivity contribution is 0.114. The van der Waals surface area contributed by atoms with Crippen molar-refractivity contribution in [2.24, 2.45) is 10.7 Å². The Morgan fingerprint density at radius 1 is 1.74 bits per heavy atom. The Hall–Kier alpha value is -1.14. The minimum atomic E-state index is 0.285. The fraction of sp³-hybridized carbons (Fsp3) is 0.692. The van der Waals surface area contributed by atoms with Gasteiger partial charge in [0.2, 0.25) is 0 Å². The van der Waals surface area contributed by atoms with Crippen LogP contribution < -0.4 is 11.1 Å². The van der Waals surface area contributed by atoms with Gasteiger partial charge in [0.15, 0.2) is 5.96 Å². The third-order valence-electron chi connectivity index (χ3n) is 3.13. The number of hydrogen-bond acceptors (Lipinski definition) is 4. The molecule has 0 saturated carbocycles. The van der Waals surface area contributed by atoms with E-state index in [1.54, 1.807) is 11.3 Å². The first-order valence-corrected chi connectivity index (χ1v) is 7.60. The number of nitrogens with zero attached hydrogens (tertiary/aromatic N) is 2. The lowest BCUT2D eigenvalue weighted by atomic mass is 10.2. The first kappa shape index (κ1) is 14.3. The Bertz CT molecular complexity index is 426. The number of guanidine groups is 1. The molecule has 0 amide bonds. The van der Waals surface area contributed by atoms with Crippen molar-refractivity contribution in [3.05, 3.63) is 16.1 Å². The molecule has 0 spiro atoms. The molecule has 0 aliphatic carbocycles. The van der Waals surface area contributed by atoms with Gasteiger partial charge in [0, 0.05) is 30.1 Å². The SMILES string of the molecule is Cc1csc(C(C)CN=C(N)NCC2CCCO2)n1. The van der Waals surface area contributed by atoms with Crippen LogP contribution in [0, 0.1) is 6.92 Å². The van der Waals surface area contributed by atoms with Gasteiger partial charge in [0.1, 0.15) is 0 Å². The van der Waals surface area contributed by atoms with Crippen molar-refractivity contribution in [2.75, 3.05) is 19.7 Å². The highest BCUT2D eigenvalue weighted by Crippen LogP contribution is 2.19. The number of hydrogen-bond donors (Lipinski definition) is 2. The monoisotopic (exact) mass is 282 g/mol. The molecule has 2 atom stereocenters. The number of nitrogens with one attached hydrogen (secondary N) is 1. The Kier molecular flexibility index (Phi) is 5.15. The molecule has 2 heterocycles. The van der Waals surface area contributed by atoms with Gasteiger partial charge in [-0.25, -0.2) is 4.98 Å². The molecule has 106 valence electrons. The molecule has 6 heteroatoms. The van der Waals surface area contributed by atoms with Crippen molar-refractivity contribution in [2.45, 2.75) is 38.7 Å². The molecule has 2 rings (SSSR count). The molecule has 19 heavy (non-hydrogen) atoms. The zero-order valence-corrected chi connectivity index (χ0v) is 12.4. The Labute approximate surface area is 118 Å². The number of ether oxygens (including phenoxy) is 1. The summed E-state index contributed by atoms with van der Waals surface area (Å²) in [6.07, 6.45) is 2.53. The molecule has 2 unspecified atom stereocenters. The average molecular weight is 282 g/mol. The van der Waals surface area contributed by atoms with E-state index in [-0.39, 0.29) is 6.10 Å². The molecule has 1 aromatic rings. The van der Waals surface area contributed by atoms with Gasteiger partial charge in [-0.15, -0.1) is 11.3 Å². The third-order valence-corrected chi connectivity index (χ3v) is 4.32. The van der Waals surface area contributed by atoms with Gasteiger partial charge >= 0.3 is 0 Å². The topological polar surface area (TPSA) is 72.5 Å². The van der Waals surface area contributed by atoms with Crippen LogP contribution >= 0.6 is 11.3 Å². The summed E-state index contributed by atoms with van der Waals surface area (Å²) in [5, 5.41) is 6.31. The molecule has 1 aromatic heterocycles. The first-order chi connectivity index (χ1) is 9.15. The fourth-order valence-electron chi connectivity index (χ4n) is 1.99. The van der Waals surface area contributed by atoms with Crippen LogP contribution in [0.15, 0.2) is 10.4 Å². The molecule has 3 N–H and O–H groups in total. The number of aromatic nitrogens is 1. The molecule has 0 aromatic carbocycles. The van der Waals surface area contributed by atoms with E-state index in [2.05, 4.69) is 27.6 Å². The largest absolute Gasteiger partial charge is 0.376 e.